The van der Waals surface area contributed by atoms with Gasteiger partial charge in [-0.05, 0) is 44.2 Å². The summed E-state index contributed by atoms with van der Waals surface area (Å²) in [6, 6.07) is 9.19. The molecule has 1 atom stereocenters. The third kappa shape index (κ3) is 3.41. The maximum Gasteiger partial charge on any atom is 0.244 e. The second kappa shape index (κ2) is 6.90. The van der Waals surface area contributed by atoms with E-state index in [2.05, 4.69) is 16.0 Å². The van der Waals surface area contributed by atoms with Crippen molar-refractivity contribution in [1.82, 2.24) is 9.88 Å². The molecule has 0 N–H and O–H groups in total. The predicted octanol–water partition coefficient (Wildman–Crippen LogP) is 2.64. The molecule has 1 aromatic carbocycles. The molecule has 1 aliphatic heterocycles. The maximum atomic E-state index is 12.9. The van der Waals surface area contributed by atoms with Crippen molar-refractivity contribution in [1.29, 1.82) is 5.26 Å². The molecule has 0 aliphatic carbocycles. The largest absolute Gasteiger partial charge is 0.311 e. The molecule has 0 radical (unpaired) electrons. The number of aromatic nitrogens is 1. The lowest BCUT2D eigenvalue weighted by Gasteiger charge is -2.36. The van der Waals surface area contributed by atoms with E-state index in [4.69, 9.17) is 5.26 Å². The Labute approximate surface area is 139 Å². The molecule has 0 unspecified atom stereocenters. The fraction of sp³-hybridized carbons (Fsp3) is 0.353. The molecule has 0 spiro atoms. The zero-order chi connectivity index (χ0) is 16.2. The van der Waals surface area contributed by atoms with Crippen molar-refractivity contribution in [2.45, 2.75) is 25.4 Å². The number of anilines is 1. The van der Waals surface area contributed by atoms with E-state index in [1.807, 2.05) is 29.5 Å². The highest BCUT2D eigenvalue weighted by molar-refractivity contribution is 7.09. The third-order valence-corrected chi connectivity index (χ3v) is 4.88. The minimum atomic E-state index is -0.122. The van der Waals surface area contributed by atoms with Gasteiger partial charge in [0.1, 0.15) is 5.01 Å². The summed E-state index contributed by atoms with van der Waals surface area (Å²) >= 11 is 1.61. The first kappa shape index (κ1) is 15.7. The zero-order valence-corrected chi connectivity index (χ0v) is 13.8. The number of benzene rings is 1. The van der Waals surface area contributed by atoms with Crippen LogP contribution in [-0.4, -0.2) is 35.4 Å². The van der Waals surface area contributed by atoms with Crippen LogP contribution in [0.2, 0.25) is 0 Å². The van der Waals surface area contributed by atoms with E-state index in [0.717, 1.165) is 30.1 Å². The summed E-state index contributed by atoms with van der Waals surface area (Å²) < 4.78 is 0. The molecule has 1 amide bonds. The summed E-state index contributed by atoms with van der Waals surface area (Å²) in [5.41, 5.74) is 1.47. The number of hydrogen-bond donors (Lipinski definition) is 0. The molecular formula is C17H18N4OS. The zero-order valence-electron chi connectivity index (χ0n) is 13.0. The molecule has 0 saturated carbocycles. The Kier molecular flexibility index (Phi) is 4.70. The van der Waals surface area contributed by atoms with Crippen LogP contribution in [0.15, 0.2) is 35.8 Å². The van der Waals surface area contributed by atoms with Gasteiger partial charge in [-0.25, -0.2) is 4.98 Å². The molecule has 1 aromatic heterocycles. The monoisotopic (exact) mass is 326 g/mol. The van der Waals surface area contributed by atoms with Crippen LogP contribution in [0.1, 0.15) is 23.4 Å². The van der Waals surface area contributed by atoms with Crippen LogP contribution in [0, 0.1) is 11.3 Å². The Morgan fingerprint density at radius 1 is 1.43 bits per heavy atom. The van der Waals surface area contributed by atoms with Crippen LogP contribution in [0.4, 0.5) is 5.69 Å². The second-order valence-electron chi connectivity index (χ2n) is 5.65. The number of carbonyl (C=O) groups is 1. The van der Waals surface area contributed by atoms with E-state index in [-0.39, 0.29) is 11.9 Å². The van der Waals surface area contributed by atoms with Crippen LogP contribution in [0.25, 0.3) is 0 Å². The number of hydrogen-bond acceptors (Lipinski definition) is 5. The number of likely N-dealkylation sites (N-methyl/N-ethyl adjacent to an activating group) is 1. The molecule has 1 saturated heterocycles. The van der Waals surface area contributed by atoms with Gasteiger partial charge in [0, 0.05) is 23.8 Å². The van der Waals surface area contributed by atoms with Crippen LogP contribution in [-0.2, 0) is 11.3 Å². The maximum absolute atomic E-state index is 12.9. The molecule has 1 fully saturated rings. The minimum Gasteiger partial charge on any atom is -0.311 e. The molecule has 3 rings (SSSR count). The topological polar surface area (TPSA) is 60.2 Å². The Hall–Kier alpha value is -2.23. The van der Waals surface area contributed by atoms with E-state index in [0.29, 0.717) is 12.1 Å². The molecular weight excluding hydrogens is 308 g/mol. The highest BCUT2D eigenvalue weighted by Crippen LogP contribution is 2.24. The SMILES string of the molecule is CN(Cc1nccs1)[C@@H]1CCCN(c2ccc(C#N)cc2)C1=O. The minimum absolute atomic E-state index is 0.122. The average Bonchev–Trinajstić information content (AvgIpc) is 3.08. The summed E-state index contributed by atoms with van der Waals surface area (Å²) in [6.07, 6.45) is 3.63. The number of carbonyl (C=O) groups excluding carboxylic acids is 1. The number of nitrogens with zero attached hydrogens (tertiary/aromatic N) is 4. The Morgan fingerprint density at radius 2 is 2.22 bits per heavy atom. The molecule has 118 valence electrons. The van der Waals surface area contributed by atoms with Gasteiger partial charge in [-0.15, -0.1) is 11.3 Å². The first-order chi connectivity index (χ1) is 11.2. The lowest BCUT2D eigenvalue weighted by atomic mass is 10.0. The van der Waals surface area contributed by atoms with Crippen LogP contribution >= 0.6 is 11.3 Å². The Bertz CT molecular complexity index is 705. The van der Waals surface area contributed by atoms with Gasteiger partial charge in [-0.3, -0.25) is 9.69 Å². The van der Waals surface area contributed by atoms with Gasteiger partial charge in [0.2, 0.25) is 5.91 Å². The Balaban J connectivity index is 1.73. The normalized spacial score (nSPS) is 18.2. The number of piperidine rings is 1. The van der Waals surface area contributed by atoms with E-state index in [1.165, 1.54) is 0 Å². The van der Waals surface area contributed by atoms with Gasteiger partial charge in [0.05, 0.1) is 24.2 Å². The average molecular weight is 326 g/mol. The summed E-state index contributed by atoms with van der Waals surface area (Å²) in [5.74, 6) is 0.125. The van der Waals surface area contributed by atoms with Crippen molar-refractivity contribution < 1.29 is 4.79 Å². The van der Waals surface area contributed by atoms with E-state index < -0.39 is 0 Å². The van der Waals surface area contributed by atoms with Crippen LogP contribution in [0.3, 0.4) is 0 Å². The lowest BCUT2D eigenvalue weighted by Crippen LogP contribution is -2.51. The fourth-order valence-corrected chi connectivity index (χ4v) is 3.57. The summed E-state index contributed by atoms with van der Waals surface area (Å²) in [6.45, 7) is 1.42. The highest BCUT2D eigenvalue weighted by Gasteiger charge is 2.32. The highest BCUT2D eigenvalue weighted by atomic mass is 32.1. The molecule has 1 aliphatic rings. The third-order valence-electron chi connectivity index (χ3n) is 4.12. The van der Waals surface area contributed by atoms with Gasteiger partial charge < -0.3 is 4.90 Å². The van der Waals surface area contributed by atoms with Gasteiger partial charge in [-0.2, -0.15) is 5.26 Å². The summed E-state index contributed by atoms with van der Waals surface area (Å²) in [4.78, 5) is 21.1. The molecule has 2 aromatic rings. The van der Waals surface area contributed by atoms with Crippen LogP contribution < -0.4 is 4.90 Å². The number of thiazole rings is 1. The molecule has 5 nitrogen and oxygen atoms in total. The van der Waals surface area contributed by atoms with E-state index in [9.17, 15) is 4.79 Å². The first-order valence-electron chi connectivity index (χ1n) is 7.59. The van der Waals surface area contributed by atoms with E-state index in [1.54, 1.807) is 29.7 Å². The lowest BCUT2D eigenvalue weighted by molar-refractivity contribution is -0.125. The molecule has 23 heavy (non-hydrogen) atoms. The van der Waals surface area contributed by atoms with Crippen molar-refractivity contribution in [2.24, 2.45) is 0 Å². The molecule has 6 heteroatoms. The molecule has 2 heterocycles. The van der Waals surface area contributed by atoms with Gasteiger partial charge in [0.25, 0.3) is 0 Å². The number of nitriles is 1. The quantitative estimate of drug-likeness (QED) is 0.866. The van der Waals surface area contributed by atoms with Crippen molar-refractivity contribution in [2.75, 3.05) is 18.5 Å². The fourth-order valence-electron chi connectivity index (χ4n) is 2.89. The second-order valence-corrected chi connectivity index (χ2v) is 6.63. The van der Waals surface area contributed by atoms with E-state index >= 15 is 0 Å². The predicted molar refractivity (Wildman–Crippen MR) is 90.1 cm³/mol. The smallest absolute Gasteiger partial charge is 0.244 e. The van der Waals surface area contributed by atoms with Crippen molar-refractivity contribution in [3.8, 4) is 6.07 Å². The van der Waals surface area contributed by atoms with Crippen molar-refractivity contribution >= 4 is 22.9 Å². The number of amides is 1. The standard InChI is InChI=1S/C17H18N4OS/c1-20(12-16-19-8-10-23-16)15-3-2-9-21(17(15)22)14-6-4-13(11-18)5-7-14/h4-8,10,15H,2-3,9,12H2,1H3/t15-/m1/s1. The first-order valence-corrected chi connectivity index (χ1v) is 8.47. The molecule has 0 bridgehead atoms. The Morgan fingerprint density at radius 3 is 2.87 bits per heavy atom. The van der Waals surface area contributed by atoms with Crippen molar-refractivity contribution in [3.05, 3.63) is 46.4 Å². The van der Waals surface area contributed by atoms with Crippen LogP contribution in [0.5, 0.6) is 0 Å². The van der Waals surface area contributed by atoms with Gasteiger partial charge in [0.15, 0.2) is 0 Å². The summed E-state index contributed by atoms with van der Waals surface area (Å²) in [7, 11) is 1.98. The van der Waals surface area contributed by atoms with Crippen molar-refractivity contribution in [3.63, 3.8) is 0 Å². The number of rotatable bonds is 4. The van der Waals surface area contributed by atoms with Gasteiger partial charge in [-0.1, -0.05) is 0 Å². The summed E-state index contributed by atoms with van der Waals surface area (Å²) in [5, 5.41) is 11.9. The van der Waals surface area contributed by atoms with Gasteiger partial charge >= 0.3 is 0 Å².